The molecule has 2 atom stereocenters. The number of nitrogens with zero attached hydrogens (tertiary/aromatic N) is 6. The maximum atomic E-state index is 12.0. The van der Waals surface area contributed by atoms with E-state index in [1.165, 1.54) is 9.59 Å². The highest BCUT2D eigenvalue weighted by Crippen LogP contribution is 2.32. The van der Waals surface area contributed by atoms with Crippen molar-refractivity contribution in [3.63, 3.8) is 0 Å². The average Bonchev–Trinajstić information content (AvgIpc) is 3.85. The number of carbonyl (C=O) groups excluding carboxylic acids is 1. The van der Waals surface area contributed by atoms with Crippen molar-refractivity contribution in [1.29, 1.82) is 0 Å². The first-order valence-electron chi connectivity index (χ1n) is 16.9. The molecule has 8 aromatic rings. The molecule has 62 heavy (non-hydrogen) atoms. The van der Waals surface area contributed by atoms with E-state index in [2.05, 4.69) is 41.8 Å². The van der Waals surface area contributed by atoms with Gasteiger partial charge >= 0.3 is 5.97 Å². The summed E-state index contributed by atoms with van der Waals surface area (Å²) in [5.74, 6) is -0.982. The third-order valence-corrected chi connectivity index (χ3v) is 8.49. The molecule has 0 aliphatic rings. The Labute approximate surface area is 378 Å². The quantitative estimate of drug-likeness (QED) is 0.109. The lowest BCUT2D eigenvalue weighted by atomic mass is 10.1. The number of carbonyl (C=O) groups is 2. The van der Waals surface area contributed by atoms with Gasteiger partial charge in [0.2, 0.25) is 21.4 Å². The van der Waals surface area contributed by atoms with E-state index in [9.17, 15) is 14.7 Å². The Morgan fingerprint density at radius 3 is 1.21 bits per heavy atom. The molecule has 0 saturated carbocycles. The minimum Gasteiger partial charge on any atom is -0.478 e. The summed E-state index contributed by atoms with van der Waals surface area (Å²) in [4.78, 5) is 26.6. The largest absolute Gasteiger partial charge is 0.478 e. The van der Waals surface area contributed by atoms with Crippen LogP contribution in [0.15, 0.2) is 146 Å². The van der Waals surface area contributed by atoms with E-state index in [1.807, 2.05) is 72.8 Å². The van der Waals surface area contributed by atoms with Crippen molar-refractivity contribution in [2.45, 2.75) is 27.1 Å². The molecule has 8 rings (SSSR count). The molecule has 0 saturated heterocycles. The lowest BCUT2D eigenvalue weighted by Crippen LogP contribution is -2.26. The smallest absolute Gasteiger partial charge is 0.349 e. The van der Waals surface area contributed by atoms with Gasteiger partial charge in [-0.2, -0.15) is 0 Å². The summed E-state index contributed by atoms with van der Waals surface area (Å²) in [5, 5.41) is 28.4. The molecule has 1 amide bonds. The molecular formula is C42H42Cl4N8O7S. The molecule has 0 aliphatic carbocycles. The van der Waals surface area contributed by atoms with Crippen LogP contribution in [0.5, 0.6) is 11.5 Å². The van der Waals surface area contributed by atoms with Gasteiger partial charge in [-0.15, -0.1) is 30.0 Å². The number of benzene rings is 6. The first-order chi connectivity index (χ1) is 28.0. The van der Waals surface area contributed by atoms with Gasteiger partial charge in [-0.05, 0) is 60.7 Å². The summed E-state index contributed by atoms with van der Waals surface area (Å²) in [5.41, 5.74) is 10.6. The highest BCUT2D eigenvalue weighted by atomic mass is 36.0. The molecule has 0 bridgehead atoms. The standard InChI is InChI=1S/C20H15ClN4O2.C20H14ClN3O3.2CH4.Cl2OS.H3N.H2O/c21-14-10-11-18(27-19(20(22)26)13-6-2-1-3-7-13)17(12-14)25-23-15-8-4-5-9-16(15)24-25;21-14-10-11-18(27-19(20(25)26)13-6-2-1-3-7-13)17(12-14)24-22-15-8-4-5-9-16(15)23-24;;;1-4(2)3;;/h1-12,19H,(H2,22,26);1-12,19H,(H,25,26);2*1H4;;1H3;1H2. The second kappa shape index (κ2) is 24.4. The molecule has 6 aromatic carbocycles. The SMILES string of the molecule is C.C.N.NC(=O)C(Oc1ccc(Cl)cc1-n1nc2ccccc2n1)c1ccccc1.O.O=C(O)C(Oc1ccc(Cl)cc1-n1nc2ccccc2n1)c1ccccc1.O=S(Cl)Cl. The molecule has 0 radical (unpaired) electrons. The second-order valence-corrected chi connectivity index (χ2v) is 15.3. The van der Waals surface area contributed by atoms with Gasteiger partial charge in [0.1, 0.15) is 44.9 Å². The first kappa shape index (κ1) is 52.0. The van der Waals surface area contributed by atoms with Gasteiger partial charge in [0, 0.05) is 42.5 Å². The highest BCUT2D eigenvalue weighted by Gasteiger charge is 2.25. The fourth-order valence-corrected chi connectivity index (χ4v) is 5.82. The minimum absolute atomic E-state index is 0. The topological polar surface area (TPSA) is 244 Å². The lowest BCUT2D eigenvalue weighted by molar-refractivity contribution is -0.145. The van der Waals surface area contributed by atoms with Crippen LogP contribution in [0.25, 0.3) is 33.4 Å². The Bertz CT molecular complexity index is 2460. The summed E-state index contributed by atoms with van der Waals surface area (Å²) >= 11 is 12.3. The number of fused-ring (bicyclic) bond motifs is 2. The van der Waals surface area contributed by atoms with Gasteiger partial charge in [0.15, 0.2) is 0 Å². The number of carboxylic acid groups (broad SMARTS) is 1. The maximum Gasteiger partial charge on any atom is 0.349 e. The van der Waals surface area contributed by atoms with Crippen LogP contribution in [0.2, 0.25) is 10.0 Å². The molecule has 2 aromatic heterocycles. The van der Waals surface area contributed by atoms with E-state index in [1.54, 1.807) is 72.8 Å². The van der Waals surface area contributed by atoms with Crippen LogP contribution in [-0.2, 0) is 18.8 Å². The van der Waals surface area contributed by atoms with Crippen LogP contribution < -0.4 is 21.4 Å². The number of rotatable bonds is 10. The van der Waals surface area contributed by atoms with Crippen LogP contribution in [0.3, 0.4) is 0 Å². The fourth-order valence-electron chi connectivity index (χ4n) is 5.49. The van der Waals surface area contributed by atoms with Crippen LogP contribution in [-0.4, -0.2) is 56.7 Å². The van der Waals surface area contributed by atoms with Crippen molar-refractivity contribution >= 4 is 87.7 Å². The van der Waals surface area contributed by atoms with Gasteiger partial charge in [0.25, 0.3) is 5.91 Å². The monoisotopic (exact) mass is 942 g/mol. The molecule has 20 heteroatoms. The summed E-state index contributed by atoms with van der Waals surface area (Å²) < 4.78 is 20.9. The molecule has 0 aliphatic heterocycles. The number of hydrogen-bond donors (Lipinski definition) is 3. The molecular weight excluding hydrogens is 902 g/mol. The first-order valence-corrected chi connectivity index (χ1v) is 20.5. The molecule has 0 spiro atoms. The summed E-state index contributed by atoms with van der Waals surface area (Å²) in [6, 6.07) is 42.6. The van der Waals surface area contributed by atoms with Gasteiger partial charge < -0.3 is 31.9 Å². The number of halogens is 4. The highest BCUT2D eigenvalue weighted by molar-refractivity contribution is 8.26. The third-order valence-electron chi connectivity index (χ3n) is 8.02. The van der Waals surface area contributed by atoms with Crippen molar-refractivity contribution in [2.24, 2.45) is 5.73 Å². The predicted octanol–water partition coefficient (Wildman–Crippen LogP) is 9.61. The number of hydrogen-bond acceptors (Lipinski definition) is 10. The van der Waals surface area contributed by atoms with E-state index in [4.69, 9.17) is 42.6 Å². The molecule has 15 nitrogen and oxygen atoms in total. The minimum atomic E-state index is -1.67. The Hall–Kier alpha value is -6.11. The number of amides is 1. The van der Waals surface area contributed by atoms with Crippen molar-refractivity contribution in [1.82, 2.24) is 36.1 Å². The summed E-state index contributed by atoms with van der Waals surface area (Å²) in [6.07, 6.45) is -2.12. The van der Waals surface area contributed by atoms with Gasteiger partial charge in [-0.3, -0.25) is 4.79 Å². The number of ether oxygens (including phenoxy) is 2. The Morgan fingerprint density at radius 1 is 0.581 bits per heavy atom. The molecule has 8 N–H and O–H groups in total. The fraction of sp³-hybridized carbons (Fsp3) is 0.0952. The lowest BCUT2D eigenvalue weighted by Gasteiger charge is -2.18. The van der Waals surface area contributed by atoms with Crippen LogP contribution >= 0.6 is 44.6 Å². The molecule has 0 fully saturated rings. The zero-order valence-electron chi connectivity index (χ0n) is 30.9. The van der Waals surface area contributed by atoms with Crippen LogP contribution in [0, 0.1) is 0 Å². The van der Waals surface area contributed by atoms with Crippen LogP contribution in [0.4, 0.5) is 0 Å². The van der Waals surface area contributed by atoms with E-state index in [-0.39, 0.29) is 26.5 Å². The van der Waals surface area contributed by atoms with E-state index < -0.39 is 33.3 Å². The Kier molecular flexibility index (Phi) is 20.4. The van der Waals surface area contributed by atoms with Gasteiger partial charge in [0.05, 0.1) is 0 Å². The van der Waals surface area contributed by atoms with Crippen molar-refractivity contribution < 1.29 is 33.9 Å². The molecule has 326 valence electrons. The van der Waals surface area contributed by atoms with E-state index in [0.717, 1.165) is 11.0 Å². The Morgan fingerprint density at radius 2 is 0.887 bits per heavy atom. The van der Waals surface area contributed by atoms with Crippen molar-refractivity contribution in [2.75, 3.05) is 0 Å². The third kappa shape index (κ3) is 13.4. The average molecular weight is 945 g/mol. The number of aromatic nitrogens is 6. The zero-order chi connectivity index (χ0) is 41.2. The second-order valence-electron chi connectivity index (χ2n) is 11.9. The number of aliphatic carboxylic acids is 1. The van der Waals surface area contributed by atoms with Crippen LogP contribution in [0.1, 0.15) is 38.2 Å². The number of carboxylic acids is 1. The normalized spacial score (nSPS) is 11.0. The number of nitrogens with two attached hydrogens (primary N) is 1. The van der Waals surface area contributed by atoms with E-state index >= 15 is 0 Å². The number of primary amides is 1. The van der Waals surface area contributed by atoms with Crippen molar-refractivity contribution in [3.8, 4) is 22.9 Å². The predicted molar refractivity (Wildman–Crippen MR) is 246 cm³/mol. The molecule has 2 heterocycles. The summed E-state index contributed by atoms with van der Waals surface area (Å²) in [7, 11) is 7.36. The van der Waals surface area contributed by atoms with Crippen molar-refractivity contribution in [3.05, 3.63) is 167 Å². The summed E-state index contributed by atoms with van der Waals surface area (Å²) in [6.45, 7) is 0. The molecule has 2 unspecified atom stereocenters. The van der Waals surface area contributed by atoms with Gasteiger partial charge in [-0.25, -0.2) is 9.00 Å². The Balaban J connectivity index is 0.000000371. The maximum absolute atomic E-state index is 12.0. The van der Waals surface area contributed by atoms with Gasteiger partial charge in [-0.1, -0.05) is 123 Å². The zero-order valence-corrected chi connectivity index (χ0v) is 34.7. The van der Waals surface area contributed by atoms with E-state index in [0.29, 0.717) is 55.1 Å².